The predicted molar refractivity (Wildman–Crippen MR) is 74.3 cm³/mol. The lowest BCUT2D eigenvalue weighted by atomic mass is 10.1. The van der Waals surface area contributed by atoms with Crippen LogP contribution in [0, 0.1) is 11.3 Å². The Bertz CT molecular complexity index is 600. The van der Waals surface area contributed by atoms with Crippen LogP contribution in [0.4, 0.5) is 11.4 Å². The largest absolute Gasteiger partial charge is 0.396 e. The monoisotopic (exact) mass is 240 g/mol. The molecule has 1 heterocycles. The zero-order chi connectivity index (χ0) is 13.1. The van der Waals surface area contributed by atoms with Gasteiger partial charge in [-0.25, -0.2) is 0 Å². The summed E-state index contributed by atoms with van der Waals surface area (Å²) >= 11 is 0. The summed E-state index contributed by atoms with van der Waals surface area (Å²) in [4.78, 5) is 6.36. The number of rotatable bonds is 3. The minimum absolute atomic E-state index is 0.114. The van der Waals surface area contributed by atoms with Gasteiger partial charge in [-0.15, -0.1) is 0 Å². The fraction of sp³-hybridized carbons (Fsp3) is 0.286. The molecule has 0 radical (unpaired) electrons. The first-order valence-electron chi connectivity index (χ1n) is 5.88. The van der Waals surface area contributed by atoms with Gasteiger partial charge in [0, 0.05) is 18.5 Å². The summed E-state index contributed by atoms with van der Waals surface area (Å²) in [6, 6.07) is 10.2. The number of para-hydroxylation sites is 1. The lowest BCUT2D eigenvalue weighted by molar-refractivity contribution is 0.705. The molecule has 0 fully saturated rings. The van der Waals surface area contributed by atoms with Gasteiger partial charge < -0.3 is 10.6 Å². The Hall–Kier alpha value is -2.28. The van der Waals surface area contributed by atoms with Crippen LogP contribution in [-0.4, -0.2) is 18.1 Å². The Balaban J connectivity index is 2.55. The number of benzene rings is 1. The minimum atomic E-state index is 0.114. The maximum atomic E-state index is 8.79. The third-order valence-corrected chi connectivity index (χ3v) is 3.18. The molecule has 4 nitrogen and oxygen atoms in total. The van der Waals surface area contributed by atoms with Crippen LogP contribution in [0.25, 0.3) is 10.9 Å². The second kappa shape index (κ2) is 4.92. The van der Waals surface area contributed by atoms with E-state index in [-0.39, 0.29) is 6.04 Å². The van der Waals surface area contributed by atoms with Crippen LogP contribution in [0.5, 0.6) is 0 Å². The number of nitrogens with zero attached hydrogens (tertiary/aromatic N) is 3. The van der Waals surface area contributed by atoms with E-state index in [1.807, 2.05) is 43.1 Å². The molecule has 4 heteroatoms. The highest BCUT2D eigenvalue weighted by Gasteiger charge is 2.15. The lowest BCUT2D eigenvalue weighted by Crippen LogP contribution is -2.29. The summed E-state index contributed by atoms with van der Waals surface area (Å²) in [7, 11) is 1.96. The Kier molecular flexibility index (Phi) is 3.33. The SMILES string of the molecule is CC(CC#N)N(C)c1c(N)cnc2ccccc12. The molecule has 2 rings (SSSR count). The molecular weight excluding hydrogens is 224 g/mol. The second-order valence-electron chi connectivity index (χ2n) is 4.40. The van der Waals surface area contributed by atoms with Gasteiger partial charge >= 0.3 is 0 Å². The van der Waals surface area contributed by atoms with E-state index in [2.05, 4.69) is 11.1 Å². The molecule has 1 aromatic carbocycles. The molecule has 2 aromatic rings. The standard InChI is InChI=1S/C14H16N4/c1-10(7-8-15)18(2)14-11-5-3-4-6-13(11)17-9-12(14)16/h3-6,9-10H,7,16H2,1-2H3. The van der Waals surface area contributed by atoms with E-state index in [1.165, 1.54) is 0 Å². The molecule has 2 N–H and O–H groups in total. The van der Waals surface area contributed by atoms with Gasteiger partial charge in [0.2, 0.25) is 0 Å². The number of aromatic nitrogens is 1. The van der Waals surface area contributed by atoms with E-state index in [1.54, 1.807) is 6.20 Å². The Morgan fingerprint density at radius 3 is 2.89 bits per heavy atom. The first-order valence-corrected chi connectivity index (χ1v) is 5.88. The first kappa shape index (κ1) is 12.2. The smallest absolute Gasteiger partial charge is 0.0745 e. The number of fused-ring (bicyclic) bond motifs is 1. The van der Waals surface area contributed by atoms with Crippen molar-refractivity contribution in [3.05, 3.63) is 30.5 Å². The van der Waals surface area contributed by atoms with Crippen molar-refractivity contribution in [2.24, 2.45) is 0 Å². The lowest BCUT2D eigenvalue weighted by Gasteiger charge is -2.27. The topological polar surface area (TPSA) is 65.9 Å². The summed E-state index contributed by atoms with van der Waals surface area (Å²) in [6.07, 6.45) is 2.14. The molecule has 0 amide bonds. The van der Waals surface area contributed by atoms with Gasteiger partial charge in [-0.05, 0) is 13.0 Å². The molecule has 1 aromatic heterocycles. The molecule has 92 valence electrons. The van der Waals surface area contributed by atoms with Crippen LogP contribution in [0.1, 0.15) is 13.3 Å². The average molecular weight is 240 g/mol. The molecule has 1 unspecified atom stereocenters. The molecule has 0 bridgehead atoms. The first-order chi connectivity index (χ1) is 8.65. The normalized spacial score (nSPS) is 12.1. The van der Waals surface area contributed by atoms with Crippen molar-refractivity contribution in [1.82, 2.24) is 4.98 Å². The van der Waals surface area contributed by atoms with Gasteiger partial charge in [-0.3, -0.25) is 4.98 Å². The average Bonchev–Trinajstić information content (AvgIpc) is 2.38. The summed E-state index contributed by atoms with van der Waals surface area (Å²) in [5.74, 6) is 0. The predicted octanol–water partition coefficient (Wildman–Crippen LogP) is 2.56. The number of nitriles is 1. The molecule has 0 spiro atoms. The maximum absolute atomic E-state index is 8.79. The van der Waals surface area contributed by atoms with Gasteiger partial charge in [0.15, 0.2) is 0 Å². The molecule has 18 heavy (non-hydrogen) atoms. The molecular formula is C14H16N4. The van der Waals surface area contributed by atoms with Crippen molar-refractivity contribution >= 4 is 22.3 Å². The van der Waals surface area contributed by atoms with Gasteiger partial charge in [-0.2, -0.15) is 5.26 Å². The van der Waals surface area contributed by atoms with Crippen molar-refractivity contribution in [1.29, 1.82) is 5.26 Å². The number of nitrogen functional groups attached to an aromatic ring is 1. The van der Waals surface area contributed by atoms with Gasteiger partial charge in [-0.1, -0.05) is 18.2 Å². The number of nitrogens with two attached hydrogens (primary N) is 1. The summed E-state index contributed by atoms with van der Waals surface area (Å²) < 4.78 is 0. The van der Waals surface area contributed by atoms with Crippen molar-refractivity contribution < 1.29 is 0 Å². The molecule has 0 saturated heterocycles. The summed E-state index contributed by atoms with van der Waals surface area (Å²) in [5, 5.41) is 9.81. The highest BCUT2D eigenvalue weighted by molar-refractivity contribution is 5.97. The molecule has 0 aliphatic rings. The molecule has 0 aliphatic heterocycles. The Morgan fingerprint density at radius 1 is 1.44 bits per heavy atom. The van der Waals surface area contributed by atoms with Crippen molar-refractivity contribution in [2.45, 2.75) is 19.4 Å². The van der Waals surface area contributed by atoms with Gasteiger partial charge in [0.1, 0.15) is 0 Å². The summed E-state index contributed by atoms with van der Waals surface area (Å²) in [5.41, 5.74) is 8.54. The number of hydrogen-bond acceptors (Lipinski definition) is 4. The van der Waals surface area contributed by atoms with E-state index in [0.29, 0.717) is 12.1 Å². The van der Waals surface area contributed by atoms with E-state index in [0.717, 1.165) is 16.6 Å². The van der Waals surface area contributed by atoms with Crippen LogP contribution in [0.2, 0.25) is 0 Å². The van der Waals surface area contributed by atoms with Crippen LogP contribution >= 0.6 is 0 Å². The van der Waals surface area contributed by atoms with Crippen LogP contribution in [-0.2, 0) is 0 Å². The number of hydrogen-bond donors (Lipinski definition) is 1. The van der Waals surface area contributed by atoms with E-state index in [9.17, 15) is 0 Å². The molecule has 0 aliphatic carbocycles. The number of anilines is 2. The Labute approximate surface area is 107 Å². The zero-order valence-corrected chi connectivity index (χ0v) is 10.6. The van der Waals surface area contributed by atoms with E-state index < -0.39 is 0 Å². The van der Waals surface area contributed by atoms with Crippen molar-refractivity contribution in [3.63, 3.8) is 0 Å². The highest BCUT2D eigenvalue weighted by Crippen LogP contribution is 2.31. The fourth-order valence-corrected chi connectivity index (χ4v) is 2.03. The third-order valence-electron chi connectivity index (χ3n) is 3.18. The second-order valence-corrected chi connectivity index (χ2v) is 4.40. The summed E-state index contributed by atoms with van der Waals surface area (Å²) in [6.45, 7) is 2.01. The van der Waals surface area contributed by atoms with Crippen molar-refractivity contribution in [3.8, 4) is 6.07 Å². The van der Waals surface area contributed by atoms with Crippen LogP contribution in [0.15, 0.2) is 30.5 Å². The Morgan fingerprint density at radius 2 is 2.17 bits per heavy atom. The van der Waals surface area contributed by atoms with Crippen molar-refractivity contribution in [2.75, 3.05) is 17.7 Å². The van der Waals surface area contributed by atoms with E-state index in [4.69, 9.17) is 11.0 Å². The number of pyridine rings is 1. The highest BCUT2D eigenvalue weighted by atomic mass is 15.1. The third kappa shape index (κ3) is 2.07. The van der Waals surface area contributed by atoms with E-state index >= 15 is 0 Å². The zero-order valence-electron chi connectivity index (χ0n) is 10.6. The fourth-order valence-electron chi connectivity index (χ4n) is 2.03. The quantitative estimate of drug-likeness (QED) is 0.895. The minimum Gasteiger partial charge on any atom is -0.396 e. The maximum Gasteiger partial charge on any atom is 0.0745 e. The van der Waals surface area contributed by atoms with Crippen LogP contribution < -0.4 is 10.6 Å². The van der Waals surface area contributed by atoms with Crippen LogP contribution in [0.3, 0.4) is 0 Å². The molecule has 0 saturated carbocycles. The van der Waals surface area contributed by atoms with Gasteiger partial charge in [0.05, 0.1) is 35.6 Å². The molecule has 1 atom stereocenters. The van der Waals surface area contributed by atoms with Gasteiger partial charge in [0.25, 0.3) is 0 Å².